The average Bonchev–Trinajstić information content (AvgIpc) is 2.48. The van der Waals surface area contributed by atoms with Crippen LogP contribution < -0.4 is 16.6 Å². The molecule has 1 saturated heterocycles. The number of rotatable bonds is 1. The van der Waals surface area contributed by atoms with Crippen molar-refractivity contribution in [3.8, 4) is 0 Å². The first-order valence-corrected chi connectivity index (χ1v) is 7.53. The van der Waals surface area contributed by atoms with Gasteiger partial charge >= 0.3 is 0 Å². The highest BCUT2D eigenvalue weighted by Crippen LogP contribution is 2.21. The Hall–Kier alpha value is -3.23. The zero-order valence-electron chi connectivity index (χ0n) is 13.8. The third-order valence-electron chi connectivity index (χ3n) is 3.66. The molecule has 2 aromatic rings. The molecule has 9 nitrogen and oxygen atoms in total. The number of fused-ring (bicyclic) bond motifs is 1. The molecular weight excluding hydrogens is 328 g/mol. The summed E-state index contributed by atoms with van der Waals surface area (Å²) in [7, 11) is 0. The Labute approximate surface area is 142 Å². The third kappa shape index (κ3) is 3.82. The number of nitrogens with two attached hydrogens (primary N) is 1. The summed E-state index contributed by atoms with van der Waals surface area (Å²) in [5, 5.41) is 9.96. The molecule has 1 aliphatic heterocycles. The minimum Gasteiger partial charge on any atom is -0.481 e. The first-order valence-electron chi connectivity index (χ1n) is 7.53. The minimum atomic E-state index is -0.833. The number of carboxylic acid groups (broad SMARTS) is 1. The van der Waals surface area contributed by atoms with Gasteiger partial charge in [-0.3, -0.25) is 29.1 Å². The Morgan fingerprint density at radius 1 is 1.36 bits per heavy atom. The quantitative estimate of drug-likeness (QED) is 0.499. The van der Waals surface area contributed by atoms with Gasteiger partial charge in [-0.15, -0.1) is 0 Å². The van der Waals surface area contributed by atoms with Gasteiger partial charge in [-0.2, -0.15) is 0 Å². The first-order chi connectivity index (χ1) is 11.7. The number of nitrogen functional groups attached to an aromatic ring is 1. The van der Waals surface area contributed by atoms with Gasteiger partial charge in [-0.1, -0.05) is 6.07 Å². The van der Waals surface area contributed by atoms with Crippen molar-refractivity contribution in [1.82, 2.24) is 14.9 Å². The molecule has 2 heterocycles. The van der Waals surface area contributed by atoms with Gasteiger partial charge in [-0.05, 0) is 25.5 Å². The van der Waals surface area contributed by atoms with Crippen LogP contribution in [0.4, 0.5) is 5.69 Å². The minimum absolute atomic E-state index is 0.199. The molecule has 132 valence electrons. The lowest BCUT2D eigenvalue weighted by Crippen LogP contribution is -2.45. The molecule has 1 aromatic heterocycles. The van der Waals surface area contributed by atoms with Crippen molar-refractivity contribution in [2.45, 2.75) is 32.7 Å². The number of nitrogens with one attached hydrogen (secondary N) is 1. The predicted octanol–water partition coefficient (Wildman–Crippen LogP) is 0.356. The van der Waals surface area contributed by atoms with Crippen LogP contribution in [0.25, 0.3) is 10.9 Å². The molecule has 2 amide bonds. The molecule has 4 N–H and O–H groups in total. The highest BCUT2D eigenvalue weighted by Gasteiger charge is 2.30. The maximum absolute atomic E-state index is 12.7. The van der Waals surface area contributed by atoms with Crippen LogP contribution in [0.2, 0.25) is 0 Å². The van der Waals surface area contributed by atoms with Crippen molar-refractivity contribution in [3.05, 3.63) is 34.4 Å². The topological polar surface area (TPSA) is 144 Å². The number of carbonyl (C=O) groups is 3. The van der Waals surface area contributed by atoms with E-state index in [-0.39, 0.29) is 24.3 Å². The van der Waals surface area contributed by atoms with E-state index >= 15 is 0 Å². The van der Waals surface area contributed by atoms with Crippen LogP contribution in [0.3, 0.4) is 0 Å². The molecule has 1 aromatic carbocycles. The van der Waals surface area contributed by atoms with E-state index < -0.39 is 17.9 Å². The molecule has 0 bridgehead atoms. The number of aliphatic carboxylic acids is 1. The molecule has 0 saturated carbocycles. The highest BCUT2D eigenvalue weighted by atomic mass is 16.4. The number of amides is 2. The molecule has 0 radical (unpaired) electrons. The van der Waals surface area contributed by atoms with Gasteiger partial charge in [0.25, 0.3) is 11.5 Å². The van der Waals surface area contributed by atoms with E-state index in [2.05, 4.69) is 10.3 Å². The standard InChI is InChI=1S/C14H14N4O3.C2H4O2/c1-7-16-9-4-2-3-8(15)12(9)14(21)18(7)10-5-6-11(19)17-13(10)20;1-2(3)4/h2-4,10H,5-6,15H2,1H3,(H,17,19,20);1H3,(H,3,4). The van der Waals surface area contributed by atoms with E-state index in [1.54, 1.807) is 25.1 Å². The number of piperidine rings is 1. The second-order valence-electron chi connectivity index (χ2n) is 5.56. The number of carboxylic acids is 1. The number of benzene rings is 1. The highest BCUT2D eigenvalue weighted by molar-refractivity contribution is 5.99. The van der Waals surface area contributed by atoms with E-state index in [0.717, 1.165) is 6.92 Å². The number of imide groups is 1. The maximum Gasteiger partial charge on any atom is 0.300 e. The van der Waals surface area contributed by atoms with E-state index in [9.17, 15) is 14.4 Å². The number of nitrogens with zero attached hydrogens (tertiary/aromatic N) is 2. The molecule has 0 aliphatic carbocycles. The number of aryl methyl sites for hydroxylation is 1. The summed E-state index contributed by atoms with van der Waals surface area (Å²) in [6.07, 6.45) is 0.482. The summed E-state index contributed by atoms with van der Waals surface area (Å²) in [6, 6.07) is 4.32. The van der Waals surface area contributed by atoms with Gasteiger partial charge < -0.3 is 10.8 Å². The normalized spacial score (nSPS) is 16.8. The number of hydrogen-bond donors (Lipinski definition) is 3. The molecule has 9 heteroatoms. The first kappa shape index (κ1) is 18.1. The predicted molar refractivity (Wildman–Crippen MR) is 89.9 cm³/mol. The van der Waals surface area contributed by atoms with Crippen molar-refractivity contribution in [2.75, 3.05) is 5.73 Å². The second kappa shape index (κ2) is 7.12. The van der Waals surface area contributed by atoms with Gasteiger partial charge in [0, 0.05) is 19.0 Å². The van der Waals surface area contributed by atoms with E-state index in [1.807, 2.05) is 0 Å². The Balaban J connectivity index is 0.000000511. The number of aromatic nitrogens is 2. The fraction of sp³-hybridized carbons (Fsp3) is 0.312. The summed E-state index contributed by atoms with van der Waals surface area (Å²) in [5.41, 5.74) is 6.32. The van der Waals surface area contributed by atoms with Crippen LogP contribution in [-0.4, -0.2) is 32.4 Å². The zero-order chi connectivity index (χ0) is 18.7. The lowest BCUT2D eigenvalue weighted by molar-refractivity contribution is -0.136. The van der Waals surface area contributed by atoms with Gasteiger partial charge in [0.15, 0.2) is 0 Å². The Bertz CT molecular complexity index is 915. The van der Waals surface area contributed by atoms with Crippen molar-refractivity contribution < 1.29 is 19.5 Å². The number of anilines is 1. The number of hydrogen-bond acceptors (Lipinski definition) is 6. The Morgan fingerprint density at radius 2 is 2.00 bits per heavy atom. The van der Waals surface area contributed by atoms with E-state index in [0.29, 0.717) is 22.4 Å². The van der Waals surface area contributed by atoms with Crippen LogP contribution in [0, 0.1) is 6.92 Å². The smallest absolute Gasteiger partial charge is 0.300 e. The lowest BCUT2D eigenvalue weighted by Gasteiger charge is -2.24. The van der Waals surface area contributed by atoms with E-state index in [1.165, 1.54) is 4.57 Å². The molecule has 0 spiro atoms. The molecule has 3 rings (SSSR count). The van der Waals surface area contributed by atoms with Crippen molar-refractivity contribution >= 4 is 34.4 Å². The summed E-state index contributed by atoms with van der Waals surface area (Å²) in [6.45, 7) is 2.74. The molecular formula is C16H18N4O5. The van der Waals surface area contributed by atoms with Crippen LogP contribution in [-0.2, 0) is 14.4 Å². The van der Waals surface area contributed by atoms with E-state index in [4.69, 9.17) is 15.6 Å². The maximum atomic E-state index is 12.7. The van der Waals surface area contributed by atoms with Crippen molar-refractivity contribution in [3.63, 3.8) is 0 Å². The number of carbonyl (C=O) groups excluding carboxylic acids is 2. The molecule has 1 aliphatic rings. The fourth-order valence-electron chi connectivity index (χ4n) is 2.67. The van der Waals surface area contributed by atoms with Crippen LogP contribution in [0.15, 0.2) is 23.0 Å². The van der Waals surface area contributed by atoms with Gasteiger partial charge in [0.05, 0.1) is 10.9 Å². The third-order valence-corrected chi connectivity index (χ3v) is 3.66. The molecule has 1 atom stereocenters. The molecule has 25 heavy (non-hydrogen) atoms. The van der Waals surface area contributed by atoms with Crippen molar-refractivity contribution in [2.24, 2.45) is 0 Å². The Morgan fingerprint density at radius 3 is 2.60 bits per heavy atom. The lowest BCUT2D eigenvalue weighted by atomic mass is 10.1. The monoisotopic (exact) mass is 346 g/mol. The van der Waals surface area contributed by atoms with Gasteiger partial charge in [0.2, 0.25) is 11.8 Å². The summed E-state index contributed by atoms with van der Waals surface area (Å²) in [5.74, 6) is -1.21. The molecule has 1 fully saturated rings. The average molecular weight is 346 g/mol. The van der Waals surface area contributed by atoms with Crippen molar-refractivity contribution in [1.29, 1.82) is 0 Å². The van der Waals surface area contributed by atoms with Gasteiger partial charge in [0.1, 0.15) is 11.9 Å². The summed E-state index contributed by atoms with van der Waals surface area (Å²) < 4.78 is 1.32. The summed E-state index contributed by atoms with van der Waals surface area (Å²) in [4.78, 5) is 49.2. The zero-order valence-corrected chi connectivity index (χ0v) is 13.8. The van der Waals surface area contributed by atoms with Crippen LogP contribution >= 0.6 is 0 Å². The van der Waals surface area contributed by atoms with Crippen LogP contribution in [0.1, 0.15) is 31.6 Å². The molecule has 1 unspecified atom stereocenters. The fourth-order valence-corrected chi connectivity index (χ4v) is 2.67. The summed E-state index contributed by atoms with van der Waals surface area (Å²) >= 11 is 0. The second-order valence-corrected chi connectivity index (χ2v) is 5.56. The van der Waals surface area contributed by atoms with Gasteiger partial charge in [-0.25, -0.2) is 4.98 Å². The largest absolute Gasteiger partial charge is 0.481 e. The SMILES string of the molecule is CC(=O)O.Cc1nc2cccc(N)c2c(=O)n1C1CCC(=O)NC1=O. The Kier molecular flexibility index (Phi) is 5.16. The van der Waals surface area contributed by atoms with Crippen LogP contribution in [0.5, 0.6) is 0 Å².